The van der Waals surface area contributed by atoms with Crippen molar-refractivity contribution in [1.82, 2.24) is 5.32 Å². The number of rotatable bonds is 7. The summed E-state index contributed by atoms with van der Waals surface area (Å²) in [5.74, 6) is 0.692. The monoisotopic (exact) mass is 490 g/mol. The van der Waals surface area contributed by atoms with Gasteiger partial charge in [0, 0.05) is 10.1 Å². The molecule has 0 aromatic heterocycles. The lowest BCUT2D eigenvalue weighted by Gasteiger charge is -2.14. The van der Waals surface area contributed by atoms with Crippen LogP contribution in [0.25, 0.3) is 0 Å². The van der Waals surface area contributed by atoms with Crippen molar-refractivity contribution >= 4 is 44.2 Å². The standard InChI is InChI=1S/C17H19IN2O5S/c1-24-15-8-12(13(18)9-16(15)25-2)17(21)19-10-11-6-4-5-7-14(11)20-26(3,22)23/h4-9,20H,10H2,1-3H3,(H,19,21). The maximum atomic E-state index is 12.6. The molecule has 0 radical (unpaired) electrons. The molecule has 0 aliphatic heterocycles. The molecule has 2 rings (SSSR count). The number of benzene rings is 2. The number of nitrogens with one attached hydrogen (secondary N) is 2. The molecule has 0 unspecified atom stereocenters. The zero-order chi connectivity index (χ0) is 19.3. The number of methoxy groups -OCH3 is 2. The van der Waals surface area contributed by atoms with Crippen molar-refractivity contribution in [2.24, 2.45) is 0 Å². The normalized spacial score (nSPS) is 10.9. The van der Waals surface area contributed by atoms with E-state index in [-0.39, 0.29) is 12.5 Å². The van der Waals surface area contributed by atoms with Crippen molar-refractivity contribution < 1.29 is 22.7 Å². The van der Waals surface area contributed by atoms with Crippen LogP contribution in [0.15, 0.2) is 36.4 Å². The molecule has 140 valence electrons. The van der Waals surface area contributed by atoms with E-state index in [4.69, 9.17) is 9.47 Å². The minimum Gasteiger partial charge on any atom is -0.493 e. The van der Waals surface area contributed by atoms with Crippen molar-refractivity contribution in [2.75, 3.05) is 25.2 Å². The molecular formula is C17H19IN2O5S. The molecule has 0 aliphatic carbocycles. The Hall–Kier alpha value is -2.01. The molecule has 0 atom stereocenters. The van der Waals surface area contributed by atoms with E-state index in [1.807, 2.05) is 22.6 Å². The van der Waals surface area contributed by atoms with Crippen molar-refractivity contribution in [3.8, 4) is 11.5 Å². The van der Waals surface area contributed by atoms with Gasteiger partial charge in [0.05, 0.1) is 31.7 Å². The van der Waals surface area contributed by atoms with Gasteiger partial charge in [-0.1, -0.05) is 18.2 Å². The first-order valence-corrected chi connectivity index (χ1v) is 10.5. The van der Waals surface area contributed by atoms with Gasteiger partial charge in [0.15, 0.2) is 11.5 Å². The van der Waals surface area contributed by atoms with Gasteiger partial charge in [-0.05, 0) is 46.4 Å². The third kappa shape index (κ3) is 5.24. The summed E-state index contributed by atoms with van der Waals surface area (Å²) in [6.45, 7) is 0.169. The highest BCUT2D eigenvalue weighted by atomic mass is 127. The van der Waals surface area contributed by atoms with Crippen molar-refractivity contribution in [2.45, 2.75) is 6.54 Å². The van der Waals surface area contributed by atoms with Crippen molar-refractivity contribution in [3.63, 3.8) is 0 Å². The Morgan fingerprint density at radius 1 is 1.12 bits per heavy atom. The van der Waals surface area contributed by atoms with Crippen LogP contribution in [0.5, 0.6) is 11.5 Å². The molecule has 0 heterocycles. The number of hydrogen-bond acceptors (Lipinski definition) is 5. The fourth-order valence-corrected chi connectivity index (χ4v) is 3.55. The molecule has 26 heavy (non-hydrogen) atoms. The number of para-hydroxylation sites is 1. The molecule has 0 saturated carbocycles. The van der Waals surface area contributed by atoms with Gasteiger partial charge in [0.2, 0.25) is 10.0 Å². The smallest absolute Gasteiger partial charge is 0.252 e. The molecule has 2 aromatic rings. The summed E-state index contributed by atoms with van der Waals surface area (Å²) in [5.41, 5.74) is 1.52. The second kappa shape index (κ2) is 8.58. The van der Waals surface area contributed by atoms with Crippen LogP contribution in [-0.4, -0.2) is 34.8 Å². The van der Waals surface area contributed by atoms with Crippen molar-refractivity contribution in [1.29, 1.82) is 0 Å². The fraction of sp³-hybridized carbons (Fsp3) is 0.235. The first-order valence-electron chi connectivity index (χ1n) is 7.50. The molecule has 0 saturated heterocycles. The fourth-order valence-electron chi connectivity index (χ4n) is 2.27. The first-order chi connectivity index (χ1) is 12.2. The van der Waals surface area contributed by atoms with Gasteiger partial charge in [0.25, 0.3) is 5.91 Å². The topological polar surface area (TPSA) is 93.7 Å². The SMILES string of the molecule is COc1cc(I)c(C(=O)NCc2ccccc2NS(C)(=O)=O)cc1OC. The predicted molar refractivity (Wildman–Crippen MR) is 108 cm³/mol. The van der Waals surface area contributed by atoms with E-state index in [2.05, 4.69) is 10.0 Å². The summed E-state index contributed by atoms with van der Waals surface area (Å²) in [6.07, 6.45) is 1.08. The Morgan fingerprint density at radius 2 is 1.73 bits per heavy atom. The quantitative estimate of drug-likeness (QED) is 0.583. The zero-order valence-electron chi connectivity index (χ0n) is 14.5. The lowest BCUT2D eigenvalue weighted by Crippen LogP contribution is -2.24. The third-order valence-electron chi connectivity index (χ3n) is 3.47. The van der Waals surface area contributed by atoms with Gasteiger partial charge in [-0.25, -0.2) is 8.42 Å². The Morgan fingerprint density at radius 3 is 2.35 bits per heavy atom. The highest BCUT2D eigenvalue weighted by Gasteiger charge is 2.16. The molecule has 7 nitrogen and oxygen atoms in total. The lowest BCUT2D eigenvalue weighted by molar-refractivity contribution is 0.0949. The van der Waals surface area contributed by atoms with E-state index < -0.39 is 10.0 Å². The number of carbonyl (C=O) groups is 1. The first kappa shape index (κ1) is 20.3. The second-order valence-corrected chi connectivity index (χ2v) is 8.31. The Bertz CT molecular complexity index is 915. The molecule has 0 spiro atoms. The number of anilines is 1. The van der Waals surface area contributed by atoms with Gasteiger partial charge in [-0.15, -0.1) is 0 Å². The minimum atomic E-state index is -3.41. The van der Waals surface area contributed by atoms with E-state index in [9.17, 15) is 13.2 Å². The van der Waals surface area contributed by atoms with Crippen LogP contribution in [0.1, 0.15) is 15.9 Å². The van der Waals surface area contributed by atoms with Crippen LogP contribution in [0.4, 0.5) is 5.69 Å². The molecule has 2 N–H and O–H groups in total. The molecule has 0 fully saturated rings. The highest BCUT2D eigenvalue weighted by molar-refractivity contribution is 14.1. The Kier molecular flexibility index (Phi) is 6.70. The summed E-state index contributed by atoms with van der Waals surface area (Å²) < 4.78 is 36.5. The number of hydrogen-bond donors (Lipinski definition) is 2. The van der Waals surface area contributed by atoms with Gasteiger partial charge < -0.3 is 14.8 Å². The van der Waals surface area contributed by atoms with E-state index >= 15 is 0 Å². The number of ether oxygens (including phenoxy) is 2. The molecule has 9 heteroatoms. The second-order valence-electron chi connectivity index (χ2n) is 5.40. The Labute approximate surface area is 166 Å². The summed E-state index contributed by atoms with van der Waals surface area (Å²) >= 11 is 2.05. The largest absolute Gasteiger partial charge is 0.493 e. The molecular weight excluding hydrogens is 471 g/mol. The molecule has 0 aliphatic rings. The van der Waals surface area contributed by atoms with Gasteiger partial charge in [-0.3, -0.25) is 9.52 Å². The van der Waals surface area contributed by atoms with Crippen LogP contribution in [0.2, 0.25) is 0 Å². The average molecular weight is 490 g/mol. The van der Waals surface area contributed by atoms with Gasteiger partial charge in [-0.2, -0.15) is 0 Å². The summed E-state index contributed by atoms with van der Waals surface area (Å²) in [5, 5.41) is 2.80. The number of carbonyl (C=O) groups excluding carboxylic acids is 1. The van der Waals surface area contributed by atoms with E-state index in [0.29, 0.717) is 31.9 Å². The maximum Gasteiger partial charge on any atom is 0.252 e. The number of amides is 1. The predicted octanol–water partition coefficient (Wildman–Crippen LogP) is 2.61. The molecule has 1 amide bonds. The van der Waals surface area contributed by atoms with Crippen LogP contribution < -0.4 is 19.5 Å². The molecule has 2 aromatic carbocycles. The minimum absolute atomic E-state index is 0.169. The number of sulfonamides is 1. The zero-order valence-corrected chi connectivity index (χ0v) is 17.5. The van der Waals surface area contributed by atoms with E-state index in [1.165, 1.54) is 14.2 Å². The van der Waals surface area contributed by atoms with Gasteiger partial charge >= 0.3 is 0 Å². The van der Waals surface area contributed by atoms with Crippen molar-refractivity contribution in [3.05, 3.63) is 51.1 Å². The van der Waals surface area contributed by atoms with E-state index in [1.54, 1.807) is 36.4 Å². The van der Waals surface area contributed by atoms with Crippen LogP contribution >= 0.6 is 22.6 Å². The third-order valence-corrected chi connectivity index (χ3v) is 4.95. The highest BCUT2D eigenvalue weighted by Crippen LogP contribution is 2.31. The molecule has 0 bridgehead atoms. The maximum absolute atomic E-state index is 12.6. The van der Waals surface area contributed by atoms with Crippen LogP contribution in [-0.2, 0) is 16.6 Å². The summed E-state index contributed by atoms with van der Waals surface area (Å²) in [6, 6.07) is 10.2. The van der Waals surface area contributed by atoms with Crippen LogP contribution in [0.3, 0.4) is 0 Å². The van der Waals surface area contributed by atoms with Crippen LogP contribution in [0, 0.1) is 3.57 Å². The Balaban J connectivity index is 2.20. The average Bonchev–Trinajstić information content (AvgIpc) is 2.59. The summed E-state index contributed by atoms with van der Waals surface area (Å²) in [7, 11) is -0.381. The van der Waals surface area contributed by atoms with Gasteiger partial charge in [0.1, 0.15) is 0 Å². The van der Waals surface area contributed by atoms with E-state index in [0.717, 1.165) is 6.26 Å². The lowest BCUT2D eigenvalue weighted by atomic mass is 10.1. The summed E-state index contributed by atoms with van der Waals surface area (Å²) in [4.78, 5) is 12.6. The number of halogens is 1.